The third-order valence-electron chi connectivity index (χ3n) is 3.93. The van der Waals surface area contributed by atoms with Crippen molar-refractivity contribution >= 4 is 34.9 Å². The molecule has 0 bridgehead atoms. The topological polar surface area (TPSA) is 76.1 Å². The number of nitrogens with one attached hydrogen (secondary N) is 2. The van der Waals surface area contributed by atoms with Gasteiger partial charge in [-0.05, 0) is 42.7 Å². The molecule has 25 heavy (non-hydrogen) atoms. The zero-order valence-electron chi connectivity index (χ0n) is 13.5. The minimum absolute atomic E-state index is 0.132. The molecule has 0 radical (unpaired) electrons. The van der Waals surface area contributed by atoms with E-state index in [1.165, 1.54) is 0 Å². The molecule has 2 N–H and O–H groups in total. The maximum absolute atomic E-state index is 12.2. The lowest BCUT2D eigenvalue weighted by Crippen LogP contribution is -2.39. The van der Waals surface area contributed by atoms with Crippen molar-refractivity contribution < 1.29 is 9.53 Å². The Hall–Kier alpha value is -1.89. The van der Waals surface area contributed by atoms with Crippen molar-refractivity contribution in [1.82, 2.24) is 15.5 Å². The number of rotatable bonds is 5. The minimum atomic E-state index is -0.216. The van der Waals surface area contributed by atoms with E-state index in [1.807, 2.05) is 6.07 Å². The maximum atomic E-state index is 12.2. The van der Waals surface area contributed by atoms with Crippen LogP contribution < -0.4 is 10.6 Å². The zero-order chi connectivity index (χ0) is 17.6. The summed E-state index contributed by atoms with van der Waals surface area (Å²) in [6.45, 7) is 1.83. The average Bonchev–Trinajstić information content (AvgIpc) is 2.62. The van der Waals surface area contributed by atoms with E-state index in [2.05, 4.69) is 20.8 Å². The summed E-state index contributed by atoms with van der Waals surface area (Å²) in [5, 5.41) is 15.3. The molecule has 8 heteroatoms. The number of hydrogen-bond donors (Lipinski definition) is 2. The van der Waals surface area contributed by atoms with E-state index < -0.39 is 0 Å². The Bertz CT molecular complexity index is 734. The highest BCUT2D eigenvalue weighted by molar-refractivity contribution is 6.35. The molecule has 2 heterocycles. The molecule has 132 valence electrons. The largest absolute Gasteiger partial charge is 0.381 e. The minimum Gasteiger partial charge on any atom is -0.381 e. The number of hydrogen-bond acceptors (Lipinski definition) is 5. The van der Waals surface area contributed by atoms with E-state index in [0.717, 1.165) is 18.4 Å². The smallest absolute Gasteiger partial charge is 0.272 e. The molecule has 1 aliphatic rings. The quantitative estimate of drug-likeness (QED) is 0.831. The van der Waals surface area contributed by atoms with Crippen molar-refractivity contribution in [3.8, 4) is 0 Å². The summed E-state index contributed by atoms with van der Waals surface area (Å²) in [4.78, 5) is 12.2. The first kappa shape index (κ1) is 17.9. The summed E-state index contributed by atoms with van der Waals surface area (Å²) < 4.78 is 5.28. The Kier molecular flexibility index (Phi) is 6.07. The van der Waals surface area contributed by atoms with E-state index in [0.29, 0.717) is 41.3 Å². The summed E-state index contributed by atoms with van der Waals surface area (Å²) in [5.41, 5.74) is 1.19. The summed E-state index contributed by atoms with van der Waals surface area (Å²) in [7, 11) is 0. The Morgan fingerprint density at radius 1 is 1.16 bits per heavy atom. The van der Waals surface area contributed by atoms with E-state index in [1.54, 1.807) is 24.3 Å². The van der Waals surface area contributed by atoms with Crippen LogP contribution in [0.5, 0.6) is 0 Å². The average molecular weight is 381 g/mol. The number of anilines is 1. The van der Waals surface area contributed by atoms with Crippen LogP contribution in [0.3, 0.4) is 0 Å². The Morgan fingerprint density at radius 2 is 1.96 bits per heavy atom. The van der Waals surface area contributed by atoms with Crippen LogP contribution in [0.2, 0.25) is 10.0 Å². The van der Waals surface area contributed by atoms with Gasteiger partial charge in [0.25, 0.3) is 5.91 Å². The van der Waals surface area contributed by atoms with Crippen LogP contribution in [-0.4, -0.2) is 35.4 Å². The Balaban J connectivity index is 1.55. The van der Waals surface area contributed by atoms with Gasteiger partial charge in [-0.3, -0.25) is 4.79 Å². The normalized spacial score (nSPS) is 15.0. The molecule has 1 amide bonds. The SMILES string of the molecule is O=C(NC1CCOCC1)c1ccc(NCc2ccc(Cl)cc2Cl)nn1. The van der Waals surface area contributed by atoms with E-state index in [4.69, 9.17) is 27.9 Å². The number of halogens is 2. The van der Waals surface area contributed by atoms with Crippen LogP contribution >= 0.6 is 23.2 Å². The molecule has 0 saturated carbocycles. The van der Waals surface area contributed by atoms with Gasteiger partial charge < -0.3 is 15.4 Å². The maximum Gasteiger partial charge on any atom is 0.272 e. The van der Waals surface area contributed by atoms with Gasteiger partial charge in [0.2, 0.25) is 0 Å². The molecule has 1 fully saturated rings. The van der Waals surface area contributed by atoms with Crippen molar-refractivity contribution in [3.63, 3.8) is 0 Å². The van der Waals surface area contributed by atoms with Crippen LogP contribution in [-0.2, 0) is 11.3 Å². The van der Waals surface area contributed by atoms with Crippen molar-refractivity contribution in [2.75, 3.05) is 18.5 Å². The molecule has 6 nitrogen and oxygen atoms in total. The molecular formula is C17H18Cl2N4O2. The second-order valence-electron chi connectivity index (χ2n) is 5.75. The molecule has 0 spiro atoms. The zero-order valence-corrected chi connectivity index (χ0v) is 15.0. The monoisotopic (exact) mass is 380 g/mol. The van der Waals surface area contributed by atoms with Gasteiger partial charge in [0.15, 0.2) is 5.69 Å². The van der Waals surface area contributed by atoms with Gasteiger partial charge in [0, 0.05) is 35.8 Å². The van der Waals surface area contributed by atoms with Crippen molar-refractivity contribution in [3.05, 3.63) is 51.6 Å². The van der Waals surface area contributed by atoms with Crippen molar-refractivity contribution in [2.45, 2.75) is 25.4 Å². The van der Waals surface area contributed by atoms with Crippen molar-refractivity contribution in [2.24, 2.45) is 0 Å². The van der Waals surface area contributed by atoms with Gasteiger partial charge in [0.1, 0.15) is 5.82 Å². The standard InChI is InChI=1S/C17H18Cl2N4O2/c18-12-2-1-11(14(19)9-12)10-20-16-4-3-15(22-23-16)17(24)21-13-5-7-25-8-6-13/h1-4,9,13H,5-8,10H2,(H,20,23)(H,21,24). The summed E-state index contributed by atoms with van der Waals surface area (Å²) in [5.74, 6) is 0.348. The van der Waals surface area contributed by atoms with Gasteiger partial charge in [0.05, 0.1) is 0 Å². The Labute approximate surface area is 155 Å². The van der Waals surface area contributed by atoms with Gasteiger partial charge in [-0.25, -0.2) is 0 Å². The summed E-state index contributed by atoms with van der Waals surface area (Å²) in [6.07, 6.45) is 1.64. The second kappa shape index (κ2) is 8.47. The predicted octanol–water partition coefficient (Wildman–Crippen LogP) is 3.30. The number of carbonyl (C=O) groups excluding carboxylic acids is 1. The summed E-state index contributed by atoms with van der Waals surface area (Å²) in [6, 6.07) is 8.81. The van der Waals surface area contributed by atoms with Gasteiger partial charge in [-0.1, -0.05) is 29.3 Å². The highest BCUT2D eigenvalue weighted by Gasteiger charge is 2.18. The lowest BCUT2D eigenvalue weighted by atomic mass is 10.1. The third-order valence-corrected chi connectivity index (χ3v) is 4.52. The van der Waals surface area contributed by atoms with Crippen LogP contribution in [0.15, 0.2) is 30.3 Å². The number of carbonyl (C=O) groups is 1. The van der Waals surface area contributed by atoms with Crippen LogP contribution in [0, 0.1) is 0 Å². The second-order valence-corrected chi connectivity index (χ2v) is 6.60. The number of ether oxygens (including phenoxy) is 1. The molecule has 0 atom stereocenters. The first-order chi connectivity index (χ1) is 12.1. The molecule has 1 aromatic heterocycles. The van der Waals surface area contributed by atoms with Crippen LogP contribution in [0.1, 0.15) is 28.9 Å². The molecule has 2 aromatic rings. The van der Waals surface area contributed by atoms with Crippen molar-refractivity contribution in [1.29, 1.82) is 0 Å². The van der Waals surface area contributed by atoms with Crippen LogP contribution in [0.25, 0.3) is 0 Å². The molecule has 0 aliphatic carbocycles. The number of nitrogens with zero attached hydrogens (tertiary/aromatic N) is 2. The molecular weight excluding hydrogens is 363 g/mol. The highest BCUT2D eigenvalue weighted by atomic mass is 35.5. The lowest BCUT2D eigenvalue weighted by molar-refractivity contribution is 0.0693. The van der Waals surface area contributed by atoms with Gasteiger partial charge in [-0.2, -0.15) is 0 Å². The van der Waals surface area contributed by atoms with E-state index >= 15 is 0 Å². The first-order valence-corrected chi connectivity index (χ1v) is 8.77. The number of benzene rings is 1. The van der Waals surface area contributed by atoms with E-state index in [-0.39, 0.29) is 11.9 Å². The van der Waals surface area contributed by atoms with Gasteiger partial charge in [-0.15, -0.1) is 10.2 Å². The lowest BCUT2D eigenvalue weighted by Gasteiger charge is -2.22. The molecule has 3 rings (SSSR count). The highest BCUT2D eigenvalue weighted by Crippen LogP contribution is 2.21. The molecule has 1 aliphatic heterocycles. The molecule has 0 unspecified atom stereocenters. The predicted molar refractivity (Wildman–Crippen MR) is 97.1 cm³/mol. The van der Waals surface area contributed by atoms with E-state index in [9.17, 15) is 4.79 Å². The van der Waals surface area contributed by atoms with Crippen LogP contribution in [0.4, 0.5) is 5.82 Å². The fraction of sp³-hybridized carbons (Fsp3) is 0.353. The number of aromatic nitrogens is 2. The first-order valence-electron chi connectivity index (χ1n) is 8.02. The molecule has 1 aromatic carbocycles. The fourth-order valence-corrected chi connectivity index (χ4v) is 2.98. The third kappa shape index (κ3) is 5.04. The van der Waals surface area contributed by atoms with Gasteiger partial charge >= 0.3 is 0 Å². The summed E-state index contributed by atoms with van der Waals surface area (Å²) >= 11 is 12.0. The molecule has 1 saturated heterocycles. The Morgan fingerprint density at radius 3 is 2.64 bits per heavy atom. The number of amides is 1. The fourth-order valence-electron chi connectivity index (χ4n) is 2.50.